The van der Waals surface area contributed by atoms with E-state index in [4.69, 9.17) is 4.74 Å². The largest absolute Gasteiger partial charge is 0.495 e. The Morgan fingerprint density at radius 2 is 1.68 bits per heavy atom. The number of nitrogens with one attached hydrogen (secondary N) is 1. The first-order valence-electron chi connectivity index (χ1n) is 10.4. The van der Waals surface area contributed by atoms with E-state index in [9.17, 15) is 18.0 Å². The van der Waals surface area contributed by atoms with E-state index in [2.05, 4.69) is 4.72 Å². The molecule has 0 bridgehead atoms. The number of methoxy groups -OCH3 is 1. The molecule has 2 aromatic rings. The van der Waals surface area contributed by atoms with E-state index >= 15 is 0 Å². The third-order valence-electron chi connectivity index (χ3n) is 6.17. The van der Waals surface area contributed by atoms with Crippen LogP contribution < -0.4 is 9.46 Å². The summed E-state index contributed by atoms with van der Waals surface area (Å²) < 4.78 is 34.0. The number of carbonyl (C=O) groups excluding carboxylic acids is 2. The van der Waals surface area contributed by atoms with Crippen molar-refractivity contribution in [3.63, 3.8) is 0 Å². The number of sulfonamides is 1. The zero-order chi connectivity index (χ0) is 22.2. The van der Waals surface area contributed by atoms with Gasteiger partial charge in [0.2, 0.25) is 11.8 Å². The highest BCUT2D eigenvalue weighted by Gasteiger charge is 2.47. The van der Waals surface area contributed by atoms with Crippen LogP contribution in [0.5, 0.6) is 5.75 Å². The Morgan fingerprint density at radius 1 is 1.03 bits per heavy atom. The fourth-order valence-corrected chi connectivity index (χ4v) is 5.90. The molecule has 2 atom stereocenters. The highest BCUT2D eigenvalue weighted by molar-refractivity contribution is 7.92. The molecule has 1 saturated carbocycles. The van der Waals surface area contributed by atoms with Crippen LogP contribution in [0.4, 0.5) is 5.69 Å². The van der Waals surface area contributed by atoms with Crippen LogP contribution in [-0.4, -0.2) is 32.2 Å². The molecule has 1 aliphatic carbocycles. The van der Waals surface area contributed by atoms with Gasteiger partial charge in [0.25, 0.3) is 10.0 Å². The number of aryl methyl sites for hydroxylation is 1. The third-order valence-corrected chi connectivity index (χ3v) is 7.67. The maximum absolute atomic E-state index is 13.1. The zero-order valence-electron chi connectivity index (χ0n) is 17.6. The fourth-order valence-electron chi connectivity index (χ4n) is 4.53. The van der Waals surface area contributed by atoms with E-state index in [0.717, 1.165) is 25.7 Å². The zero-order valence-corrected chi connectivity index (χ0v) is 18.4. The molecule has 164 valence electrons. The lowest BCUT2D eigenvalue weighted by Crippen LogP contribution is -2.30. The topological polar surface area (TPSA) is 92.8 Å². The highest BCUT2D eigenvalue weighted by atomic mass is 32.2. The molecule has 2 unspecified atom stereocenters. The van der Waals surface area contributed by atoms with Gasteiger partial charge in [-0.25, -0.2) is 8.42 Å². The molecule has 1 heterocycles. The van der Waals surface area contributed by atoms with E-state index in [1.165, 1.54) is 18.1 Å². The number of amides is 2. The monoisotopic (exact) mass is 442 g/mol. The van der Waals surface area contributed by atoms with Gasteiger partial charge in [-0.15, -0.1) is 0 Å². The first-order valence-corrected chi connectivity index (χ1v) is 11.9. The molecule has 2 amide bonds. The average molecular weight is 443 g/mol. The number of para-hydroxylation sites is 2. The molecular formula is C23H26N2O5S. The number of imide groups is 1. The second kappa shape index (κ2) is 8.34. The predicted molar refractivity (Wildman–Crippen MR) is 116 cm³/mol. The number of carbonyl (C=O) groups is 2. The molecule has 4 rings (SSSR count). The summed E-state index contributed by atoms with van der Waals surface area (Å²) in [6, 6.07) is 11.8. The Hall–Kier alpha value is -2.87. The van der Waals surface area contributed by atoms with Gasteiger partial charge in [-0.2, -0.15) is 0 Å². The van der Waals surface area contributed by atoms with E-state index in [1.54, 1.807) is 43.3 Å². The van der Waals surface area contributed by atoms with Gasteiger partial charge < -0.3 is 4.74 Å². The van der Waals surface area contributed by atoms with Crippen molar-refractivity contribution in [2.45, 2.75) is 44.0 Å². The minimum atomic E-state index is -3.90. The summed E-state index contributed by atoms with van der Waals surface area (Å²) in [5, 5.41) is 0. The van der Waals surface area contributed by atoms with Crippen LogP contribution in [0.1, 0.15) is 36.8 Å². The van der Waals surface area contributed by atoms with Gasteiger partial charge in [-0.3, -0.25) is 19.2 Å². The molecule has 0 spiro atoms. The Labute approximate surface area is 182 Å². The summed E-state index contributed by atoms with van der Waals surface area (Å²) in [7, 11) is -2.43. The van der Waals surface area contributed by atoms with Crippen LogP contribution in [0.25, 0.3) is 0 Å². The van der Waals surface area contributed by atoms with Crippen molar-refractivity contribution in [1.82, 2.24) is 4.90 Å². The normalized spacial score (nSPS) is 21.2. The van der Waals surface area contributed by atoms with Crippen molar-refractivity contribution in [2.24, 2.45) is 11.8 Å². The molecule has 8 heteroatoms. The first-order chi connectivity index (χ1) is 14.8. The Kier molecular flexibility index (Phi) is 5.75. The van der Waals surface area contributed by atoms with E-state index in [-0.39, 0.29) is 35.1 Å². The standard InChI is InChI=1S/C23H26N2O5S/c1-15-11-12-16(14-25-22(26)17-7-3-4-8-18(17)23(25)27)13-21(15)31(28,29)24-19-9-5-6-10-20(19)30-2/h5-6,9-13,17-18,24H,3-4,7-8,14H2,1-2H3. The van der Waals surface area contributed by atoms with E-state index < -0.39 is 10.0 Å². The smallest absolute Gasteiger partial charge is 0.262 e. The van der Waals surface area contributed by atoms with Gasteiger partial charge in [0.1, 0.15) is 5.75 Å². The van der Waals surface area contributed by atoms with E-state index in [0.29, 0.717) is 22.6 Å². The molecule has 1 N–H and O–H groups in total. The summed E-state index contributed by atoms with van der Waals surface area (Å²) >= 11 is 0. The minimum Gasteiger partial charge on any atom is -0.495 e. The first kappa shape index (κ1) is 21.4. The molecule has 1 aliphatic heterocycles. The molecular weight excluding hydrogens is 416 g/mol. The lowest BCUT2D eigenvalue weighted by molar-refractivity contribution is -0.140. The second-order valence-electron chi connectivity index (χ2n) is 8.17. The Balaban J connectivity index is 1.60. The number of ether oxygens (including phenoxy) is 1. The Morgan fingerprint density at radius 3 is 2.32 bits per heavy atom. The molecule has 2 aliphatic rings. The van der Waals surface area contributed by atoms with Gasteiger partial charge in [-0.05, 0) is 49.1 Å². The third kappa shape index (κ3) is 4.04. The number of benzene rings is 2. The van der Waals surface area contributed by atoms with Crippen LogP contribution in [0.2, 0.25) is 0 Å². The SMILES string of the molecule is COc1ccccc1NS(=O)(=O)c1cc(CN2C(=O)C3CCCCC3C2=O)ccc1C. The summed E-state index contributed by atoms with van der Waals surface area (Å²) in [5.41, 5.74) is 1.51. The van der Waals surface area contributed by atoms with Crippen molar-refractivity contribution < 1.29 is 22.7 Å². The quantitative estimate of drug-likeness (QED) is 0.692. The summed E-state index contributed by atoms with van der Waals surface area (Å²) in [4.78, 5) is 27.0. The van der Waals surface area contributed by atoms with Crippen LogP contribution in [0.3, 0.4) is 0 Å². The van der Waals surface area contributed by atoms with Gasteiger partial charge >= 0.3 is 0 Å². The molecule has 0 aromatic heterocycles. The maximum atomic E-state index is 13.1. The van der Waals surface area contributed by atoms with Crippen LogP contribution >= 0.6 is 0 Å². The number of hydrogen-bond acceptors (Lipinski definition) is 5. The number of fused-ring (bicyclic) bond motifs is 1. The van der Waals surface area contributed by atoms with Gasteiger partial charge in [0, 0.05) is 0 Å². The Bertz CT molecular complexity index is 1100. The number of anilines is 1. The molecule has 2 aromatic carbocycles. The van der Waals surface area contributed by atoms with Crippen molar-refractivity contribution in [3.05, 3.63) is 53.6 Å². The molecule has 7 nitrogen and oxygen atoms in total. The number of likely N-dealkylation sites (tertiary alicyclic amines) is 1. The number of nitrogens with zero attached hydrogens (tertiary/aromatic N) is 1. The number of rotatable bonds is 6. The van der Waals surface area contributed by atoms with Crippen molar-refractivity contribution in [1.29, 1.82) is 0 Å². The van der Waals surface area contributed by atoms with Crippen molar-refractivity contribution >= 4 is 27.5 Å². The lowest BCUT2D eigenvalue weighted by atomic mass is 9.81. The summed E-state index contributed by atoms with van der Waals surface area (Å²) in [5.74, 6) is -0.293. The van der Waals surface area contributed by atoms with Gasteiger partial charge in [0.05, 0.1) is 36.1 Å². The van der Waals surface area contributed by atoms with Crippen molar-refractivity contribution in [3.8, 4) is 5.75 Å². The minimum absolute atomic E-state index is 0.0854. The van der Waals surface area contributed by atoms with Crippen LogP contribution in [0.15, 0.2) is 47.4 Å². The highest BCUT2D eigenvalue weighted by Crippen LogP contribution is 2.38. The van der Waals surface area contributed by atoms with Crippen LogP contribution in [0, 0.1) is 18.8 Å². The molecule has 1 saturated heterocycles. The molecule has 2 fully saturated rings. The maximum Gasteiger partial charge on any atom is 0.262 e. The number of hydrogen-bond donors (Lipinski definition) is 1. The average Bonchev–Trinajstić information content (AvgIpc) is 3.00. The fraction of sp³-hybridized carbons (Fsp3) is 0.391. The van der Waals surface area contributed by atoms with Gasteiger partial charge in [-0.1, -0.05) is 37.1 Å². The summed E-state index contributed by atoms with van der Waals surface area (Å²) in [6.07, 6.45) is 3.44. The molecule has 31 heavy (non-hydrogen) atoms. The lowest BCUT2D eigenvalue weighted by Gasteiger charge is -2.19. The van der Waals surface area contributed by atoms with E-state index in [1.807, 2.05) is 0 Å². The van der Waals surface area contributed by atoms with Crippen molar-refractivity contribution in [2.75, 3.05) is 11.8 Å². The van der Waals surface area contributed by atoms with Crippen LogP contribution in [-0.2, 0) is 26.2 Å². The second-order valence-corrected chi connectivity index (χ2v) is 9.82. The van der Waals surface area contributed by atoms with Gasteiger partial charge in [0.15, 0.2) is 0 Å². The summed E-state index contributed by atoms with van der Waals surface area (Å²) in [6.45, 7) is 1.80. The predicted octanol–water partition coefficient (Wildman–Crippen LogP) is 3.48. The molecule has 0 radical (unpaired) electrons.